The molecule has 2 N–H and O–H groups in total. The highest BCUT2D eigenvalue weighted by molar-refractivity contribution is 5.95. The van der Waals surface area contributed by atoms with E-state index in [4.69, 9.17) is 4.74 Å². The standard InChI is InChI=1S/C14H20FN3O2/c1-3-16-13-12(15)11(4-6-17-13)14(19)18-8-10-5-7-20-9(10)2/h4,6,9-10H,3,5,7-8H2,1-2H3,(H,16,17)(H,18,19). The zero-order chi connectivity index (χ0) is 14.5. The number of anilines is 1. The monoisotopic (exact) mass is 281 g/mol. The van der Waals surface area contributed by atoms with Gasteiger partial charge in [0.15, 0.2) is 11.6 Å². The topological polar surface area (TPSA) is 63.2 Å². The van der Waals surface area contributed by atoms with Gasteiger partial charge in [-0.15, -0.1) is 0 Å². The summed E-state index contributed by atoms with van der Waals surface area (Å²) in [6, 6.07) is 1.39. The summed E-state index contributed by atoms with van der Waals surface area (Å²) in [4.78, 5) is 15.9. The molecule has 0 spiro atoms. The van der Waals surface area contributed by atoms with Gasteiger partial charge in [-0.3, -0.25) is 4.79 Å². The van der Waals surface area contributed by atoms with Crippen LogP contribution in [0, 0.1) is 11.7 Å². The van der Waals surface area contributed by atoms with Crippen LogP contribution in [-0.4, -0.2) is 36.7 Å². The maximum Gasteiger partial charge on any atom is 0.254 e. The summed E-state index contributed by atoms with van der Waals surface area (Å²) < 4.78 is 19.5. The number of hydrogen-bond acceptors (Lipinski definition) is 4. The second-order valence-electron chi connectivity index (χ2n) is 4.89. The molecule has 6 heteroatoms. The molecule has 0 radical (unpaired) electrons. The van der Waals surface area contributed by atoms with Gasteiger partial charge in [0.05, 0.1) is 11.7 Å². The number of aromatic nitrogens is 1. The molecule has 1 amide bonds. The molecule has 1 aromatic rings. The van der Waals surface area contributed by atoms with E-state index in [1.807, 2.05) is 13.8 Å². The number of hydrogen-bond donors (Lipinski definition) is 2. The van der Waals surface area contributed by atoms with Crippen molar-refractivity contribution in [2.45, 2.75) is 26.4 Å². The molecule has 2 rings (SSSR count). The van der Waals surface area contributed by atoms with Crippen molar-refractivity contribution in [1.82, 2.24) is 10.3 Å². The van der Waals surface area contributed by atoms with Gasteiger partial charge in [0.25, 0.3) is 5.91 Å². The normalized spacial score (nSPS) is 21.8. The molecular formula is C14H20FN3O2. The average molecular weight is 281 g/mol. The van der Waals surface area contributed by atoms with Crippen LogP contribution < -0.4 is 10.6 Å². The van der Waals surface area contributed by atoms with Gasteiger partial charge in [-0.25, -0.2) is 9.37 Å². The zero-order valence-electron chi connectivity index (χ0n) is 11.8. The Morgan fingerprint density at radius 3 is 3.05 bits per heavy atom. The first kappa shape index (κ1) is 14.7. The Kier molecular flexibility index (Phi) is 4.89. The van der Waals surface area contributed by atoms with E-state index in [0.29, 0.717) is 13.1 Å². The predicted octanol–water partition coefficient (Wildman–Crippen LogP) is 1.81. The second kappa shape index (κ2) is 6.65. The van der Waals surface area contributed by atoms with Gasteiger partial charge >= 0.3 is 0 Å². The minimum Gasteiger partial charge on any atom is -0.378 e. The Bertz CT molecular complexity index is 481. The molecule has 1 aliphatic rings. The third-order valence-corrected chi connectivity index (χ3v) is 3.54. The van der Waals surface area contributed by atoms with E-state index in [1.54, 1.807) is 0 Å². The van der Waals surface area contributed by atoms with E-state index >= 15 is 0 Å². The summed E-state index contributed by atoms with van der Waals surface area (Å²) in [7, 11) is 0. The number of rotatable bonds is 5. The molecule has 1 saturated heterocycles. The molecule has 0 aromatic carbocycles. The maximum absolute atomic E-state index is 14.1. The molecule has 2 heterocycles. The Labute approximate surface area is 117 Å². The first-order valence-corrected chi connectivity index (χ1v) is 6.91. The fraction of sp³-hybridized carbons (Fsp3) is 0.571. The van der Waals surface area contributed by atoms with Crippen LogP contribution >= 0.6 is 0 Å². The van der Waals surface area contributed by atoms with E-state index in [9.17, 15) is 9.18 Å². The highest BCUT2D eigenvalue weighted by Crippen LogP contribution is 2.20. The average Bonchev–Trinajstić information content (AvgIpc) is 2.84. The zero-order valence-corrected chi connectivity index (χ0v) is 11.8. The number of carbonyl (C=O) groups is 1. The Morgan fingerprint density at radius 2 is 2.40 bits per heavy atom. The number of amides is 1. The van der Waals surface area contributed by atoms with Gasteiger partial charge in [-0.1, -0.05) is 0 Å². The van der Waals surface area contributed by atoms with Crippen LogP contribution in [0.5, 0.6) is 0 Å². The fourth-order valence-electron chi connectivity index (χ4n) is 2.27. The molecule has 0 bridgehead atoms. The summed E-state index contributed by atoms with van der Waals surface area (Å²) in [5.41, 5.74) is 0.0162. The number of pyridine rings is 1. The molecular weight excluding hydrogens is 261 g/mol. The van der Waals surface area contributed by atoms with E-state index in [0.717, 1.165) is 13.0 Å². The van der Waals surface area contributed by atoms with Crippen molar-refractivity contribution < 1.29 is 13.9 Å². The Balaban J connectivity index is 2.00. The van der Waals surface area contributed by atoms with Gasteiger partial charge in [0.2, 0.25) is 0 Å². The molecule has 1 aromatic heterocycles. The first-order valence-electron chi connectivity index (χ1n) is 6.91. The van der Waals surface area contributed by atoms with Crippen molar-refractivity contribution >= 4 is 11.7 Å². The van der Waals surface area contributed by atoms with Gasteiger partial charge in [-0.05, 0) is 26.3 Å². The summed E-state index contributed by atoms with van der Waals surface area (Å²) in [5, 5.41) is 5.56. The summed E-state index contributed by atoms with van der Waals surface area (Å²) in [6.07, 6.45) is 2.48. The van der Waals surface area contributed by atoms with Crippen LogP contribution in [0.4, 0.5) is 10.2 Å². The Hall–Kier alpha value is -1.69. The van der Waals surface area contributed by atoms with Crippen molar-refractivity contribution in [3.63, 3.8) is 0 Å². The van der Waals surface area contributed by atoms with Crippen molar-refractivity contribution in [3.8, 4) is 0 Å². The molecule has 2 unspecified atom stereocenters. The molecule has 5 nitrogen and oxygen atoms in total. The van der Waals surface area contributed by atoms with Crippen molar-refractivity contribution in [1.29, 1.82) is 0 Å². The minimum absolute atomic E-state index is 0.0162. The van der Waals surface area contributed by atoms with E-state index in [1.165, 1.54) is 12.3 Å². The van der Waals surface area contributed by atoms with E-state index in [2.05, 4.69) is 15.6 Å². The maximum atomic E-state index is 14.1. The molecule has 1 fully saturated rings. The third-order valence-electron chi connectivity index (χ3n) is 3.54. The van der Waals surface area contributed by atoms with Crippen LogP contribution in [0.2, 0.25) is 0 Å². The molecule has 1 aliphatic heterocycles. The smallest absolute Gasteiger partial charge is 0.254 e. The summed E-state index contributed by atoms with van der Waals surface area (Å²) >= 11 is 0. The number of carbonyl (C=O) groups excluding carboxylic acids is 1. The van der Waals surface area contributed by atoms with Crippen LogP contribution in [0.3, 0.4) is 0 Å². The van der Waals surface area contributed by atoms with Crippen molar-refractivity contribution in [2.75, 3.05) is 25.0 Å². The summed E-state index contributed by atoms with van der Waals surface area (Å²) in [5.74, 6) is -0.625. The van der Waals surface area contributed by atoms with Crippen LogP contribution in [-0.2, 0) is 4.74 Å². The molecule has 20 heavy (non-hydrogen) atoms. The van der Waals surface area contributed by atoms with Crippen LogP contribution in [0.15, 0.2) is 12.3 Å². The molecule has 110 valence electrons. The second-order valence-corrected chi connectivity index (χ2v) is 4.89. The molecule has 2 atom stereocenters. The lowest BCUT2D eigenvalue weighted by Crippen LogP contribution is -2.32. The third kappa shape index (κ3) is 3.25. The van der Waals surface area contributed by atoms with Gasteiger partial charge in [-0.2, -0.15) is 0 Å². The number of nitrogens with zero attached hydrogens (tertiary/aromatic N) is 1. The quantitative estimate of drug-likeness (QED) is 0.864. The van der Waals surface area contributed by atoms with Gasteiger partial charge < -0.3 is 15.4 Å². The van der Waals surface area contributed by atoms with Crippen molar-refractivity contribution in [2.24, 2.45) is 5.92 Å². The molecule has 0 aliphatic carbocycles. The SMILES string of the molecule is CCNc1nccc(C(=O)NCC2CCOC2C)c1F. The number of halogens is 1. The predicted molar refractivity (Wildman–Crippen MR) is 74.2 cm³/mol. The lowest BCUT2D eigenvalue weighted by molar-refractivity contribution is 0.0904. The largest absolute Gasteiger partial charge is 0.378 e. The van der Waals surface area contributed by atoms with Crippen LogP contribution in [0.1, 0.15) is 30.6 Å². The van der Waals surface area contributed by atoms with E-state index < -0.39 is 11.7 Å². The first-order chi connectivity index (χ1) is 9.63. The number of nitrogens with one attached hydrogen (secondary N) is 2. The fourth-order valence-corrected chi connectivity index (χ4v) is 2.27. The Morgan fingerprint density at radius 1 is 1.60 bits per heavy atom. The highest BCUT2D eigenvalue weighted by Gasteiger charge is 2.25. The number of ether oxygens (including phenoxy) is 1. The lowest BCUT2D eigenvalue weighted by atomic mass is 10.0. The highest BCUT2D eigenvalue weighted by atomic mass is 19.1. The van der Waals surface area contributed by atoms with E-state index in [-0.39, 0.29) is 23.4 Å². The minimum atomic E-state index is -0.609. The van der Waals surface area contributed by atoms with Gasteiger partial charge in [0, 0.05) is 31.8 Å². The lowest BCUT2D eigenvalue weighted by Gasteiger charge is -2.15. The summed E-state index contributed by atoms with van der Waals surface area (Å²) in [6.45, 7) is 5.59. The van der Waals surface area contributed by atoms with Crippen molar-refractivity contribution in [3.05, 3.63) is 23.6 Å². The van der Waals surface area contributed by atoms with Crippen LogP contribution in [0.25, 0.3) is 0 Å². The van der Waals surface area contributed by atoms with Gasteiger partial charge in [0.1, 0.15) is 0 Å². The molecule has 0 saturated carbocycles.